The summed E-state index contributed by atoms with van der Waals surface area (Å²) in [7, 11) is 0. The molecule has 0 aliphatic rings. The van der Waals surface area contributed by atoms with E-state index in [1.807, 2.05) is 0 Å². The van der Waals surface area contributed by atoms with Gasteiger partial charge in [0.05, 0.1) is 0 Å². The van der Waals surface area contributed by atoms with Crippen LogP contribution in [0.3, 0.4) is 0 Å². The fourth-order valence-electron chi connectivity index (χ4n) is 4.74. The van der Waals surface area contributed by atoms with E-state index in [1.54, 1.807) is 0 Å². The van der Waals surface area contributed by atoms with E-state index in [2.05, 4.69) is 156 Å². The Labute approximate surface area is 228 Å². The van der Waals surface area contributed by atoms with Crippen molar-refractivity contribution in [3.05, 3.63) is 88.0 Å². The van der Waals surface area contributed by atoms with Crippen molar-refractivity contribution in [1.29, 1.82) is 0 Å². The summed E-state index contributed by atoms with van der Waals surface area (Å²) < 4.78 is 0. The second-order valence-electron chi connectivity index (χ2n) is 15.2. The van der Waals surface area contributed by atoms with Crippen LogP contribution in [0.1, 0.15) is 116 Å². The molecule has 3 aromatic carbocycles. The lowest BCUT2D eigenvalue weighted by Crippen LogP contribution is -2.21. The molecule has 37 heavy (non-hydrogen) atoms. The molecule has 0 N–H and O–H groups in total. The largest absolute Gasteiger partial charge is 0.310 e. The number of hydrogen-bond donors (Lipinski definition) is 0. The molecule has 0 amide bonds. The highest BCUT2D eigenvalue weighted by Crippen LogP contribution is 2.43. The monoisotopic (exact) mass is 497 g/mol. The van der Waals surface area contributed by atoms with Crippen molar-refractivity contribution < 1.29 is 0 Å². The lowest BCUT2D eigenvalue weighted by molar-refractivity contribution is 0.568. The summed E-state index contributed by atoms with van der Waals surface area (Å²) in [6.07, 6.45) is 0. The number of aryl methyl sites for hydroxylation is 2. The van der Waals surface area contributed by atoms with Crippen LogP contribution in [0.25, 0.3) is 0 Å². The molecule has 3 aromatic rings. The zero-order valence-electron chi connectivity index (χ0n) is 26.1. The van der Waals surface area contributed by atoms with Gasteiger partial charge in [0.1, 0.15) is 0 Å². The molecule has 0 saturated heterocycles. The Kier molecular flexibility index (Phi) is 7.57. The maximum atomic E-state index is 2.50. The van der Waals surface area contributed by atoms with Crippen molar-refractivity contribution in [2.75, 3.05) is 4.90 Å². The molecule has 0 saturated carbocycles. The van der Waals surface area contributed by atoms with Crippen molar-refractivity contribution in [2.24, 2.45) is 0 Å². The first-order chi connectivity index (χ1) is 16.7. The summed E-state index contributed by atoms with van der Waals surface area (Å²) in [5.74, 6) is 0. The highest BCUT2D eigenvalue weighted by molar-refractivity contribution is 5.79. The molecule has 0 unspecified atom stereocenters. The standard InChI is InChI=1S/C36H51N/c1-24-15-25(2)17-30(16-24)37(31-20-26(33(3,4)5)18-27(21-31)34(6,7)8)32-22-28(35(9,10)11)19-29(23-32)36(12,13)14/h15-23H,1-14H3. The molecular weight excluding hydrogens is 446 g/mol. The molecule has 0 aliphatic carbocycles. The predicted octanol–water partition coefficient (Wildman–Crippen LogP) is 11.0. The molecule has 0 bridgehead atoms. The van der Waals surface area contributed by atoms with Crippen LogP contribution in [0.2, 0.25) is 0 Å². The van der Waals surface area contributed by atoms with Gasteiger partial charge in [-0.1, -0.05) is 101 Å². The Balaban J connectivity index is 2.47. The van der Waals surface area contributed by atoms with Crippen molar-refractivity contribution >= 4 is 17.1 Å². The number of anilines is 3. The number of hydrogen-bond acceptors (Lipinski definition) is 1. The fraction of sp³-hybridized carbons (Fsp3) is 0.500. The Bertz CT molecular complexity index is 1100. The first kappa shape index (κ1) is 29.0. The van der Waals surface area contributed by atoms with Gasteiger partial charge < -0.3 is 4.90 Å². The SMILES string of the molecule is Cc1cc(C)cc(N(c2cc(C(C)(C)C)cc(C(C)(C)C)c2)c2cc(C(C)(C)C)cc(C(C)(C)C)c2)c1. The molecule has 1 nitrogen and oxygen atoms in total. The minimum absolute atomic E-state index is 0.0496. The summed E-state index contributed by atoms with van der Waals surface area (Å²) >= 11 is 0. The van der Waals surface area contributed by atoms with Crippen molar-refractivity contribution in [3.63, 3.8) is 0 Å². The summed E-state index contributed by atoms with van der Waals surface area (Å²) in [4.78, 5) is 2.50. The van der Waals surface area contributed by atoms with Gasteiger partial charge >= 0.3 is 0 Å². The molecular formula is C36H51N. The number of nitrogens with zero attached hydrogens (tertiary/aromatic N) is 1. The zero-order chi connectivity index (χ0) is 28.1. The summed E-state index contributed by atoms with van der Waals surface area (Å²) in [6.45, 7) is 32.2. The van der Waals surface area contributed by atoms with Crippen LogP contribution < -0.4 is 4.90 Å². The third-order valence-electron chi connectivity index (χ3n) is 7.28. The van der Waals surface area contributed by atoms with Crippen LogP contribution >= 0.6 is 0 Å². The van der Waals surface area contributed by atoms with E-state index in [9.17, 15) is 0 Å². The third kappa shape index (κ3) is 6.86. The summed E-state index contributed by atoms with van der Waals surface area (Å²) in [5, 5.41) is 0. The lowest BCUT2D eigenvalue weighted by atomic mass is 9.79. The van der Waals surface area contributed by atoms with Crippen molar-refractivity contribution in [3.8, 4) is 0 Å². The quantitative estimate of drug-likeness (QED) is 0.348. The number of rotatable bonds is 3. The molecule has 200 valence electrons. The van der Waals surface area contributed by atoms with E-state index in [4.69, 9.17) is 0 Å². The first-order valence-electron chi connectivity index (χ1n) is 13.9. The number of benzene rings is 3. The highest BCUT2D eigenvalue weighted by Gasteiger charge is 2.26. The van der Waals surface area contributed by atoms with Crippen LogP contribution in [0.5, 0.6) is 0 Å². The second kappa shape index (κ2) is 9.64. The second-order valence-corrected chi connectivity index (χ2v) is 15.2. The van der Waals surface area contributed by atoms with E-state index in [0.717, 1.165) is 0 Å². The Morgan fingerprint density at radius 2 is 0.595 bits per heavy atom. The smallest absolute Gasteiger partial charge is 0.0467 e. The van der Waals surface area contributed by atoms with Gasteiger partial charge in [-0.25, -0.2) is 0 Å². The van der Waals surface area contributed by atoms with Gasteiger partial charge in [-0.2, -0.15) is 0 Å². The Morgan fingerprint density at radius 3 is 0.838 bits per heavy atom. The van der Waals surface area contributed by atoms with Crippen molar-refractivity contribution in [1.82, 2.24) is 0 Å². The van der Waals surface area contributed by atoms with Gasteiger partial charge in [-0.05, 0) is 105 Å². The van der Waals surface area contributed by atoms with E-state index >= 15 is 0 Å². The van der Waals surface area contributed by atoms with Crippen molar-refractivity contribution in [2.45, 2.75) is 119 Å². The van der Waals surface area contributed by atoms with Gasteiger partial charge in [0.2, 0.25) is 0 Å². The average molecular weight is 498 g/mol. The summed E-state index contributed by atoms with van der Waals surface area (Å²) in [6, 6.07) is 21.4. The van der Waals surface area contributed by atoms with Crippen LogP contribution in [-0.2, 0) is 21.7 Å². The van der Waals surface area contributed by atoms with E-state index in [0.29, 0.717) is 0 Å². The minimum Gasteiger partial charge on any atom is -0.310 e. The van der Waals surface area contributed by atoms with Crippen LogP contribution in [0.4, 0.5) is 17.1 Å². The topological polar surface area (TPSA) is 3.24 Å². The summed E-state index contributed by atoms with van der Waals surface area (Å²) in [5.41, 5.74) is 11.9. The van der Waals surface area contributed by atoms with Gasteiger partial charge in [0.25, 0.3) is 0 Å². The van der Waals surface area contributed by atoms with Gasteiger partial charge in [0, 0.05) is 17.1 Å². The van der Waals surface area contributed by atoms with Gasteiger partial charge in [0.15, 0.2) is 0 Å². The maximum absolute atomic E-state index is 2.50. The van der Waals surface area contributed by atoms with Crippen LogP contribution in [0, 0.1) is 13.8 Å². The van der Waals surface area contributed by atoms with Crippen LogP contribution in [-0.4, -0.2) is 0 Å². The molecule has 0 atom stereocenters. The van der Waals surface area contributed by atoms with Gasteiger partial charge in [-0.3, -0.25) is 0 Å². The van der Waals surface area contributed by atoms with E-state index in [-0.39, 0.29) is 21.7 Å². The van der Waals surface area contributed by atoms with Gasteiger partial charge in [-0.15, -0.1) is 0 Å². The molecule has 0 aromatic heterocycles. The third-order valence-corrected chi connectivity index (χ3v) is 7.28. The fourth-order valence-corrected chi connectivity index (χ4v) is 4.74. The Hall–Kier alpha value is -2.54. The normalized spacial score (nSPS) is 13.1. The zero-order valence-corrected chi connectivity index (χ0v) is 26.1. The molecule has 0 heterocycles. The molecule has 0 spiro atoms. The molecule has 0 aliphatic heterocycles. The Morgan fingerprint density at radius 1 is 0.351 bits per heavy atom. The average Bonchev–Trinajstić information content (AvgIpc) is 2.70. The molecule has 3 rings (SSSR count). The first-order valence-corrected chi connectivity index (χ1v) is 13.9. The van der Waals surface area contributed by atoms with E-state index in [1.165, 1.54) is 50.4 Å². The minimum atomic E-state index is 0.0496. The lowest BCUT2D eigenvalue weighted by Gasteiger charge is -2.34. The molecule has 0 fully saturated rings. The van der Waals surface area contributed by atoms with E-state index < -0.39 is 0 Å². The molecule has 1 heteroatoms. The van der Waals surface area contributed by atoms with Crippen LogP contribution in [0.15, 0.2) is 54.6 Å². The highest BCUT2D eigenvalue weighted by atomic mass is 15.1. The molecule has 0 radical (unpaired) electrons. The predicted molar refractivity (Wildman–Crippen MR) is 165 cm³/mol. The maximum Gasteiger partial charge on any atom is 0.0467 e.